The lowest BCUT2D eigenvalue weighted by Crippen LogP contribution is -2.51. The van der Waals surface area contributed by atoms with Crippen LogP contribution in [-0.2, 0) is 9.59 Å². The summed E-state index contributed by atoms with van der Waals surface area (Å²) in [6, 6.07) is 0.757. The second-order valence-electron chi connectivity index (χ2n) is 8.10. The van der Waals surface area contributed by atoms with Gasteiger partial charge in [0.25, 0.3) is 0 Å². The number of carbonyl (C=O) groups is 2. The zero-order valence-corrected chi connectivity index (χ0v) is 18.9. The summed E-state index contributed by atoms with van der Waals surface area (Å²) < 4.78 is 0. The van der Waals surface area contributed by atoms with Crippen molar-refractivity contribution in [3.8, 4) is 0 Å². The summed E-state index contributed by atoms with van der Waals surface area (Å²) >= 11 is 0. The van der Waals surface area contributed by atoms with Crippen molar-refractivity contribution in [1.82, 2.24) is 20.4 Å². The van der Waals surface area contributed by atoms with Crippen LogP contribution in [-0.4, -0.2) is 73.4 Å². The number of hydrogen-bond acceptors (Lipinski definition) is 3. The Morgan fingerprint density at radius 2 is 1.52 bits per heavy atom. The number of guanidine groups is 1. The summed E-state index contributed by atoms with van der Waals surface area (Å²) in [7, 11) is 3.50. The lowest BCUT2D eigenvalue weighted by atomic mass is 10.0. The van der Waals surface area contributed by atoms with E-state index < -0.39 is 0 Å². The fourth-order valence-electron chi connectivity index (χ4n) is 3.71. The van der Waals surface area contributed by atoms with E-state index in [1.54, 1.807) is 19.0 Å². The number of nitrogens with zero attached hydrogens (tertiary/aromatic N) is 3. The zero-order valence-electron chi connectivity index (χ0n) is 16.6. The Balaban J connectivity index is 0.00000261. The van der Waals surface area contributed by atoms with Crippen molar-refractivity contribution in [2.75, 3.05) is 33.7 Å². The van der Waals surface area contributed by atoms with Gasteiger partial charge in [-0.2, -0.15) is 0 Å². The minimum Gasteiger partial charge on any atom is -0.354 e. The molecule has 2 amide bonds. The number of likely N-dealkylation sites (tertiary alicyclic amines) is 1. The first-order chi connectivity index (χ1) is 12.5. The first-order valence-corrected chi connectivity index (χ1v) is 10.1. The Bertz CT molecular complexity index is 536. The lowest BCUT2D eigenvalue weighted by Gasteiger charge is -2.33. The van der Waals surface area contributed by atoms with Gasteiger partial charge in [-0.15, -0.1) is 24.0 Å². The molecule has 3 aliphatic rings. The van der Waals surface area contributed by atoms with E-state index in [0.29, 0.717) is 23.9 Å². The molecular formula is C19H34IN5O2. The topological polar surface area (TPSA) is 77.0 Å². The van der Waals surface area contributed by atoms with Gasteiger partial charge in [0.1, 0.15) is 6.54 Å². The highest BCUT2D eigenvalue weighted by molar-refractivity contribution is 14.0. The van der Waals surface area contributed by atoms with Gasteiger partial charge in [0.2, 0.25) is 11.8 Å². The van der Waals surface area contributed by atoms with Crippen LogP contribution in [0.2, 0.25) is 0 Å². The summed E-state index contributed by atoms with van der Waals surface area (Å²) in [6.07, 6.45) is 8.84. The maximum Gasteiger partial charge on any atom is 0.243 e. The molecule has 0 bridgehead atoms. The predicted molar refractivity (Wildman–Crippen MR) is 117 cm³/mol. The Hall–Kier alpha value is -1.06. The smallest absolute Gasteiger partial charge is 0.243 e. The summed E-state index contributed by atoms with van der Waals surface area (Å²) in [6.45, 7) is 1.80. The number of halogens is 1. The average molecular weight is 491 g/mol. The molecule has 7 nitrogen and oxygen atoms in total. The third-order valence-electron chi connectivity index (χ3n) is 5.64. The Morgan fingerprint density at radius 3 is 2.04 bits per heavy atom. The van der Waals surface area contributed by atoms with Crippen LogP contribution >= 0.6 is 24.0 Å². The molecule has 0 aromatic heterocycles. The number of carbonyl (C=O) groups excluding carboxylic acids is 2. The van der Waals surface area contributed by atoms with E-state index in [4.69, 9.17) is 0 Å². The summed E-state index contributed by atoms with van der Waals surface area (Å²) in [5, 5.41) is 7.02. The van der Waals surface area contributed by atoms with Gasteiger partial charge in [-0.1, -0.05) is 12.8 Å². The number of hydrogen-bond donors (Lipinski definition) is 2. The van der Waals surface area contributed by atoms with Crippen molar-refractivity contribution < 1.29 is 9.59 Å². The molecular weight excluding hydrogens is 457 g/mol. The first-order valence-electron chi connectivity index (χ1n) is 10.1. The number of piperidine rings is 1. The predicted octanol–water partition coefficient (Wildman–Crippen LogP) is 1.57. The van der Waals surface area contributed by atoms with Gasteiger partial charge in [0.05, 0.1) is 0 Å². The third-order valence-corrected chi connectivity index (χ3v) is 5.64. The number of nitrogens with one attached hydrogen (secondary N) is 2. The van der Waals surface area contributed by atoms with E-state index in [1.165, 1.54) is 12.8 Å². The van der Waals surface area contributed by atoms with Crippen molar-refractivity contribution >= 4 is 41.8 Å². The molecule has 0 spiro atoms. The molecule has 0 atom stereocenters. The Morgan fingerprint density at radius 1 is 0.963 bits per heavy atom. The minimum atomic E-state index is 0. The zero-order chi connectivity index (χ0) is 18.5. The molecule has 27 heavy (non-hydrogen) atoms. The molecule has 1 aliphatic heterocycles. The second kappa shape index (κ2) is 10.5. The molecule has 3 rings (SSSR count). The van der Waals surface area contributed by atoms with Gasteiger partial charge < -0.3 is 20.4 Å². The molecule has 0 aromatic rings. The number of aliphatic imine (C=N–C) groups is 1. The number of rotatable bonds is 5. The molecule has 2 N–H and O–H groups in total. The molecule has 154 valence electrons. The fourth-order valence-corrected chi connectivity index (χ4v) is 3.71. The maximum absolute atomic E-state index is 12.2. The van der Waals surface area contributed by atoms with Crippen LogP contribution < -0.4 is 10.6 Å². The van der Waals surface area contributed by atoms with E-state index in [0.717, 1.165) is 57.6 Å². The van der Waals surface area contributed by atoms with Gasteiger partial charge in [-0.25, -0.2) is 4.99 Å². The van der Waals surface area contributed by atoms with Gasteiger partial charge in [-0.05, 0) is 38.5 Å². The maximum atomic E-state index is 12.2. The van der Waals surface area contributed by atoms with Crippen molar-refractivity contribution in [2.45, 2.75) is 63.5 Å². The highest BCUT2D eigenvalue weighted by Gasteiger charge is 2.35. The largest absolute Gasteiger partial charge is 0.354 e. The molecule has 3 fully saturated rings. The number of likely N-dealkylation sites (N-methyl/N-ethyl adjacent to an activating group) is 1. The summed E-state index contributed by atoms with van der Waals surface area (Å²) in [5.41, 5.74) is 0. The van der Waals surface area contributed by atoms with Crippen LogP contribution in [0.3, 0.4) is 0 Å². The minimum absolute atomic E-state index is 0. The van der Waals surface area contributed by atoms with Crippen LogP contribution in [0.25, 0.3) is 0 Å². The van der Waals surface area contributed by atoms with Crippen LogP contribution in [0.4, 0.5) is 0 Å². The van der Waals surface area contributed by atoms with E-state index in [1.807, 2.05) is 4.90 Å². The van der Waals surface area contributed by atoms with Crippen LogP contribution in [0.5, 0.6) is 0 Å². The highest BCUT2D eigenvalue weighted by Crippen LogP contribution is 2.31. The Labute approximate surface area is 179 Å². The van der Waals surface area contributed by atoms with Gasteiger partial charge in [-0.3, -0.25) is 9.59 Å². The molecule has 1 heterocycles. The molecule has 1 saturated heterocycles. The van der Waals surface area contributed by atoms with Crippen molar-refractivity contribution in [1.29, 1.82) is 0 Å². The molecule has 2 aliphatic carbocycles. The SMILES string of the molecule is CN(C)C(=O)CN=C(NC1CCCC1)NC1CCN(C(=O)C2CC2)CC1.I. The molecule has 0 radical (unpaired) electrons. The van der Waals surface area contributed by atoms with Crippen LogP contribution in [0, 0.1) is 5.92 Å². The van der Waals surface area contributed by atoms with Crippen LogP contribution in [0.15, 0.2) is 4.99 Å². The quantitative estimate of drug-likeness (QED) is 0.348. The molecule has 0 aromatic carbocycles. The van der Waals surface area contributed by atoms with E-state index in [2.05, 4.69) is 15.6 Å². The molecule has 8 heteroatoms. The summed E-state index contributed by atoms with van der Waals surface area (Å²) in [5.74, 6) is 1.40. The molecule has 0 unspecified atom stereocenters. The van der Waals surface area contributed by atoms with Gasteiger partial charge >= 0.3 is 0 Å². The lowest BCUT2D eigenvalue weighted by molar-refractivity contribution is -0.133. The van der Waals surface area contributed by atoms with Gasteiger partial charge in [0.15, 0.2) is 5.96 Å². The average Bonchev–Trinajstić information content (AvgIpc) is 3.36. The highest BCUT2D eigenvalue weighted by atomic mass is 127. The normalized spacial score (nSPS) is 21.6. The third kappa shape index (κ3) is 6.80. The second-order valence-corrected chi connectivity index (χ2v) is 8.10. The summed E-state index contributed by atoms with van der Waals surface area (Å²) in [4.78, 5) is 32.2. The van der Waals surface area contributed by atoms with E-state index in [9.17, 15) is 9.59 Å². The fraction of sp³-hybridized carbons (Fsp3) is 0.842. The van der Waals surface area contributed by atoms with Crippen LogP contribution in [0.1, 0.15) is 51.4 Å². The monoisotopic (exact) mass is 491 g/mol. The first kappa shape index (κ1) is 22.2. The molecule has 2 saturated carbocycles. The van der Waals surface area contributed by atoms with Crippen molar-refractivity contribution in [3.63, 3.8) is 0 Å². The Kier molecular flexibility index (Phi) is 8.62. The van der Waals surface area contributed by atoms with E-state index in [-0.39, 0.29) is 36.4 Å². The number of amides is 2. The van der Waals surface area contributed by atoms with E-state index >= 15 is 0 Å². The van der Waals surface area contributed by atoms with Gasteiger partial charge in [0, 0.05) is 45.2 Å². The standard InChI is InChI=1S/C19H33N5O2.HI/c1-23(2)17(25)13-20-19(21-15-5-3-4-6-15)22-16-9-11-24(12-10-16)18(26)14-7-8-14;/h14-16H,3-13H2,1-2H3,(H2,20,21,22);1H. The van der Waals surface area contributed by atoms with Crippen molar-refractivity contribution in [2.24, 2.45) is 10.9 Å². The van der Waals surface area contributed by atoms with Crippen molar-refractivity contribution in [3.05, 3.63) is 0 Å².